The number of aliphatic hydroxyl groups excluding tert-OH is 1. The van der Waals surface area contributed by atoms with Gasteiger partial charge in [-0.05, 0) is 33.8 Å². The predicted molar refractivity (Wildman–Crippen MR) is 83.7 cm³/mol. The number of hydrogen-bond donors (Lipinski definition) is 2. The second-order valence-corrected chi connectivity index (χ2v) is 7.00. The van der Waals surface area contributed by atoms with Crippen LogP contribution in [0.25, 0.3) is 0 Å². The van der Waals surface area contributed by atoms with Crippen molar-refractivity contribution >= 4 is 6.09 Å². The first-order chi connectivity index (χ1) is 10.7. The highest BCUT2D eigenvalue weighted by molar-refractivity contribution is 5.68. The molecule has 6 heteroatoms. The van der Waals surface area contributed by atoms with E-state index in [9.17, 15) is 19.4 Å². The number of halogens is 1. The Hall–Kier alpha value is -1.66. The molecule has 2 rings (SSSR count). The molecule has 0 radical (unpaired) electrons. The van der Waals surface area contributed by atoms with Crippen molar-refractivity contribution in [1.82, 2.24) is 4.90 Å². The van der Waals surface area contributed by atoms with Crippen molar-refractivity contribution in [3.63, 3.8) is 0 Å². The van der Waals surface area contributed by atoms with Crippen molar-refractivity contribution in [2.45, 2.75) is 44.9 Å². The molecule has 1 saturated heterocycles. The molecule has 1 heterocycles. The molecule has 1 aliphatic heterocycles. The van der Waals surface area contributed by atoms with Gasteiger partial charge >= 0.3 is 6.09 Å². The molecule has 0 spiro atoms. The Balaban J connectivity index is 2.76. The molecule has 5 nitrogen and oxygen atoms in total. The Morgan fingerprint density at radius 1 is 1.43 bits per heavy atom. The van der Waals surface area contributed by atoms with Gasteiger partial charge in [0.1, 0.15) is 11.4 Å². The Kier molecular flexibility index (Phi) is 4.69. The number of benzene rings is 1. The van der Waals surface area contributed by atoms with Gasteiger partial charge < -0.3 is 14.9 Å². The highest BCUT2D eigenvalue weighted by atomic mass is 19.1. The fourth-order valence-corrected chi connectivity index (χ4v) is 3.67. The van der Waals surface area contributed by atoms with Crippen LogP contribution >= 0.6 is 0 Å². The van der Waals surface area contributed by atoms with Gasteiger partial charge in [-0.15, -0.1) is 0 Å². The van der Waals surface area contributed by atoms with E-state index < -0.39 is 28.9 Å². The zero-order valence-corrected chi connectivity index (χ0v) is 13.9. The quantitative estimate of drug-likeness (QED) is 0.896. The lowest BCUT2D eigenvalue weighted by Gasteiger charge is -2.49. The third-order valence-corrected chi connectivity index (χ3v) is 4.54. The van der Waals surface area contributed by atoms with Crippen molar-refractivity contribution in [2.75, 3.05) is 13.2 Å². The van der Waals surface area contributed by atoms with E-state index in [1.54, 1.807) is 45.9 Å². The van der Waals surface area contributed by atoms with E-state index in [0.29, 0.717) is 0 Å². The van der Waals surface area contributed by atoms with Crippen molar-refractivity contribution in [3.05, 3.63) is 35.6 Å². The minimum absolute atomic E-state index is 0.00387. The largest absolute Gasteiger partial charge is 0.465 e. The number of nitrogens with zero attached hydrogens (tertiary/aromatic N) is 1. The molecule has 0 aliphatic carbocycles. The molecule has 23 heavy (non-hydrogen) atoms. The van der Waals surface area contributed by atoms with E-state index >= 15 is 0 Å². The second kappa shape index (κ2) is 6.09. The van der Waals surface area contributed by atoms with E-state index in [0.717, 1.165) is 0 Å². The van der Waals surface area contributed by atoms with E-state index in [2.05, 4.69) is 0 Å². The molecule has 1 fully saturated rings. The summed E-state index contributed by atoms with van der Waals surface area (Å²) in [6, 6.07) is 6.10. The van der Waals surface area contributed by atoms with Gasteiger partial charge in [0.25, 0.3) is 0 Å². The van der Waals surface area contributed by atoms with Crippen LogP contribution in [0.1, 0.15) is 33.3 Å². The predicted octanol–water partition coefficient (Wildman–Crippen LogP) is 2.83. The van der Waals surface area contributed by atoms with Gasteiger partial charge in [0.05, 0.1) is 19.3 Å². The number of rotatable bonds is 3. The maximum absolute atomic E-state index is 14.6. The molecule has 2 N–H and O–H groups in total. The highest BCUT2D eigenvalue weighted by Gasteiger charge is 2.58. The van der Waals surface area contributed by atoms with Crippen LogP contribution in [0.5, 0.6) is 0 Å². The maximum Gasteiger partial charge on any atom is 0.408 e. The second-order valence-electron chi connectivity index (χ2n) is 7.00. The van der Waals surface area contributed by atoms with Crippen LogP contribution in [-0.2, 0) is 10.3 Å². The van der Waals surface area contributed by atoms with E-state index in [-0.39, 0.29) is 24.9 Å². The highest BCUT2D eigenvalue weighted by Crippen LogP contribution is 2.47. The lowest BCUT2D eigenvalue weighted by molar-refractivity contribution is -0.0222. The van der Waals surface area contributed by atoms with Crippen LogP contribution in [0, 0.1) is 11.7 Å². The molecule has 0 aromatic heterocycles. The molecule has 1 amide bonds. The fraction of sp³-hybridized carbons (Fsp3) is 0.588. The van der Waals surface area contributed by atoms with Crippen molar-refractivity contribution in [1.29, 1.82) is 0 Å². The number of carbonyl (C=O) groups is 1. The molecule has 1 aliphatic rings. The van der Waals surface area contributed by atoms with Crippen LogP contribution in [0.15, 0.2) is 24.3 Å². The Morgan fingerprint density at radius 3 is 2.52 bits per heavy atom. The molecular formula is C17H24FNO4. The van der Waals surface area contributed by atoms with Gasteiger partial charge in [-0.2, -0.15) is 0 Å². The van der Waals surface area contributed by atoms with E-state index in [1.165, 1.54) is 11.0 Å². The molecule has 1 aromatic carbocycles. The van der Waals surface area contributed by atoms with Crippen LogP contribution in [0.3, 0.4) is 0 Å². The fourth-order valence-electron chi connectivity index (χ4n) is 3.67. The smallest absolute Gasteiger partial charge is 0.408 e. The standard InChI is InChI=1S/C17H24FNO4/c1-11-13(9-20)17(10-23-11,12-7-5-6-8-14(12)18)19(15(21)22)16(2,3)4/h5-8,11,13,20H,9-10H2,1-4H3,(H,21,22)/t11-,13-,17-/m1/s1. The summed E-state index contributed by atoms with van der Waals surface area (Å²) < 4.78 is 20.3. The normalized spacial score (nSPS) is 27.9. The lowest BCUT2D eigenvalue weighted by atomic mass is 9.75. The lowest BCUT2D eigenvalue weighted by Crippen LogP contribution is -2.62. The van der Waals surface area contributed by atoms with Gasteiger partial charge in [0.2, 0.25) is 0 Å². The monoisotopic (exact) mass is 325 g/mol. The Labute approximate surface area is 135 Å². The third-order valence-electron chi connectivity index (χ3n) is 4.54. The first-order valence-corrected chi connectivity index (χ1v) is 7.67. The minimum Gasteiger partial charge on any atom is -0.465 e. The zero-order valence-electron chi connectivity index (χ0n) is 13.9. The van der Waals surface area contributed by atoms with Gasteiger partial charge in [0.15, 0.2) is 0 Å². The van der Waals surface area contributed by atoms with E-state index in [1.807, 2.05) is 0 Å². The first kappa shape index (κ1) is 17.7. The first-order valence-electron chi connectivity index (χ1n) is 7.67. The summed E-state index contributed by atoms with van der Waals surface area (Å²) in [5.74, 6) is -1.06. The summed E-state index contributed by atoms with van der Waals surface area (Å²) in [5, 5.41) is 19.8. The van der Waals surface area contributed by atoms with Crippen LogP contribution in [0.4, 0.5) is 9.18 Å². The summed E-state index contributed by atoms with van der Waals surface area (Å²) in [4.78, 5) is 13.3. The van der Waals surface area contributed by atoms with Crippen molar-refractivity contribution in [2.24, 2.45) is 5.92 Å². The molecule has 1 aromatic rings. The molecule has 0 saturated carbocycles. The van der Waals surface area contributed by atoms with Crippen molar-refractivity contribution < 1.29 is 24.1 Å². The van der Waals surface area contributed by atoms with Crippen LogP contribution in [0.2, 0.25) is 0 Å². The summed E-state index contributed by atoms with van der Waals surface area (Å²) in [6.45, 7) is 6.73. The summed E-state index contributed by atoms with van der Waals surface area (Å²) in [5.41, 5.74) is -1.83. The number of amides is 1. The average molecular weight is 325 g/mol. The topological polar surface area (TPSA) is 70.0 Å². The Morgan fingerprint density at radius 2 is 2.04 bits per heavy atom. The Bertz CT molecular complexity index is 586. The number of aliphatic hydroxyl groups is 1. The summed E-state index contributed by atoms with van der Waals surface area (Å²) in [6.07, 6.45) is -1.55. The molecule has 0 unspecified atom stereocenters. The van der Waals surface area contributed by atoms with Gasteiger partial charge in [-0.25, -0.2) is 9.18 Å². The van der Waals surface area contributed by atoms with Gasteiger partial charge in [0, 0.05) is 17.0 Å². The maximum atomic E-state index is 14.6. The van der Waals surface area contributed by atoms with Crippen molar-refractivity contribution in [3.8, 4) is 0 Å². The zero-order chi connectivity index (χ0) is 17.4. The van der Waals surface area contributed by atoms with Crippen LogP contribution < -0.4 is 0 Å². The van der Waals surface area contributed by atoms with E-state index in [4.69, 9.17) is 4.74 Å². The molecule has 128 valence electrons. The summed E-state index contributed by atoms with van der Waals surface area (Å²) in [7, 11) is 0. The SMILES string of the molecule is C[C@H]1OC[C@](c2ccccc2F)(N(C(=O)O)C(C)(C)C)[C@@H]1CO. The molecule has 0 bridgehead atoms. The number of hydrogen-bond acceptors (Lipinski definition) is 3. The minimum atomic E-state index is -1.27. The van der Waals surface area contributed by atoms with Gasteiger partial charge in [-0.1, -0.05) is 18.2 Å². The van der Waals surface area contributed by atoms with Crippen LogP contribution in [-0.4, -0.2) is 46.1 Å². The number of ether oxygens (including phenoxy) is 1. The van der Waals surface area contributed by atoms with Gasteiger partial charge in [-0.3, -0.25) is 4.90 Å². The third kappa shape index (κ3) is 2.81. The number of carboxylic acid groups (broad SMARTS) is 1. The average Bonchev–Trinajstić information content (AvgIpc) is 2.74. The summed E-state index contributed by atoms with van der Waals surface area (Å²) >= 11 is 0. The molecule has 3 atom stereocenters. The molecular weight excluding hydrogens is 301 g/mol.